The van der Waals surface area contributed by atoms with E-state index in [1.165, 1.54) is 12.4 Å². The van der Waals surface area contributed by atoms with E-state index >= 15 is 0 Å². The molecule has 0 saturated heterocycles. The number of hydrogen-bond donors (Lipinski definition) is 1. The van der Waals surface area contributed by atoms with Gasteiger partial charge in [0.1, 0.15) is 5.69 Å². The van der Waals surface area contributed by atoms with E-state index in [-0.39, 0.29) is 5.69 Å². The third kappa shape index (κ3) is 2.16. The van der Waals surface area contributed by atoms with Crippen LogP contribution in [-0.2, 0) is 0 Å². The summed E-state index contributed by atoms with van der Waals surface area (Å²) < 4.78 is 1.56. The first kappa shape index (κ1) is 11.3. The number of nitrogens with zero attached hydrogens (tertiary/aromatic N) is 3. The van der Waals surface area contributed by atoms with E-state index in [0.717, 1.165) is 0 Å². The highest BCUT2D eigenvalue weighted by Crippen LogP contribution is 2.26. The number of aliphatic hydroxyl groups is 1. The Hall–Kier alpha value is -2.21. The molecule has 1 heterocycles. The summed E-state index contributed by atoms with van der Waals surface area (Å²) in [4.78, 5) is 14.4. The summed E-state index contributed by atoms with van der Waals surface area (Å²) in [6.45, 7) is 1.57. The smallest absolute Gasteiger partial charge is 0.293 e. The monoisotopic (exact) mass is 233 g/mol. The number of imidazole rings is 1. The number of hydrogen-bond acceptors (Lipinski definition) is 4. The van der Waals surface area contributed by atoms with Crippen molar-refractivity contribution in [2.24, 2.45) is 0 Å². The zero-order valence-electron chi connectivity index (χ0n) is 9.15. The van der Waals surface area contributed by atoms with Gasteiger partial charge in [-0.3, -0.25) is 10.1 Å². The molecule has 0 bridgehead atoms. The zero-order chi connectivity index (χ0) is 12.4. The molecule has 2 aromatic rings. The third-order valence-electron chi connectivity index (χ3n) is 2.46. The van der Waals surface area contributed by atoms with Gasteiger partial charge in [-0.15, -0.1) is 0 Å². The minimum absolute atomic E-state index is 0.0543. The molecule has 17 heavy (non-hydrogen) atoms. The Balaban J connectivity index is 2.57. The van der Waals surface area contributed by atoms with E-state index in [1.807, 2.05) is 0 Å². The lowest BCUT2D eigenvalue weighted by atomic mass is 10.1. The fourth-order valence-electron chi connectivity index (χ4n) is 1.57. The number of aliphatic hydroxyl groups excluding tert-OH is 1. The molecule has 88 valence electrons. The van der Waals surface area contributed by atoms with Crippen LogP contribution in [0.5, 0.6) is 0 Å². The SMILES string of the molecule is C[C@@H](O)c1ccc(-n2ccnc2)c([N+](=O)[O-])c1. The molecule has 0 saturated carbocycles. The summed E-state index contributed by atoms with van der Waals surface area (Å²) >= 11 is 0. The first-order valence-corrected chi connectivity index (χ1v) is 5.04. The lowest BCUT2D eigenvalue weighted by Crippen LogP contribution is -2.01. The van der Waals surface area contributed by atoms with Crippen LogP contribution in [0.3, 0.4) is 0 Å². The van der Waals surface area contributed by atoms with E-state index in [2.05, 4.69) is 4.98 Å². The highest BCUT2D eigenvalue weighted by atomic mass is 16.6. The maximum absolute atomic E-state index is 11.0. The predicted octanol–water partition coefficient (Wildman–Crippen LogP) is 1.83. The van der Waals surface area contributed by atoms with Crippen LogP contribution >= 0.6 is 0 Å². The number of rotatable bonds is 3. The van der Waals surface area contributed by atoms with Crippen LogP contribution in [0, 0.1) is 10.1 Å². The minimum atomic E-state index is -0.731. The molecule has 0 aliphatic heterocycles. The fraction of sp³-hybridized carbons (Fsp3) is 0.182. The molecular weight excluding hydrogens is 222 g/mol. The second-order valence-corrected chi connectivity index (χ2v) is 3.65. The van der Waals surface area contributed by atoms with Gasteiger partial charge in [-0.2, -0.15) is 0 Å². The van der Waals surface area contributed by atoms with Gasteiger partial charge in [-0.25, -0.2) is 4.98 Å². The minimum Gasteiger partial charge on any atom is -0.389 e. The molecule has 1 N–H and O–H groups in total. The Morgan fingerprint density at radius 1 is 1.53 bits per heavy atom. The first-order chi connectivity index (χ1) is 8.09. The topological polar surface area (TPSA) is 81.2 Å². The van der Waals surface area contributed by atoms with Crippen LogP contribution in [0.2, 0.25) is 0 Å². The summed E-state index contributed by atoms with van der Waals surface area (Å²) in [5.41, 5.74) is 0.888. The largest absolute Gasteiger partial charge is 0.389 e. The van der Waals surface area contributed by atoms with Crippen LogP contribution in [0.15, 0.2) is 36.9 Å². The van der Waals surface area contributed by atoms with Gasteiger partial charge in [0.05, 0.1) is 17.4 Å². The van der Waals surface area contributed by atoms with Crippen LogP contribution < -0.4 is 0 Å². The number of nitro benzene ring substituents is 1. The van der Waals surface area contributed by atoms with Gasteiger partial charge in [0.25, 0.3) is 5.69 Å². The molecule has 1 aromatic heterocycles. The molecule has 0 amide bonds. The Morgan fingerprint density at radius 2 is 2.29 bits per heavy atom. The van der Waals surface area contributed by atoms with E-state index in [9.17, 15) is 15.2 Å². The van der Waals surface area contributed by atoms with Gasteiger partial charge < -0.3 is 9.67 Å². The molecule has 1 aromatic carbocycles. The third-order valence-corrected chi connectivity index (χ3v) is 2.46. The highest BCUT2D eigenvalue weighted by molar-refractivity contribution is 5.54. The fourth-order valence-corrected chi connectivity index (χ4v) is 1.57. The Kier molecular flexibility index (Phi) is 2.88. The lowest BCUT2D eigenvalue weighted by Gasteiger charge is -2.08. The van der Waals surface area contributed by atoms with Crippen molar-refractivity contribution >= 4 is 5.69 Å². The lowest BCUT2D eigenvalue weighted by molar-refractivity contribution is -0.384. The standard InChI is InChI=1S/C11H11N3O3/c1-8(15)9-2-3-10(11(6-9)14(16)17)13-5-4-12-7-13/h2-8,15H,1H3/t8-/m1/s1. The molecule has 0 aliphatic carbocycles. The van der Waals surface area contributed by atoms with Gasteiger partial charge in [-0.05, 0) is 18.6 Å². The molecule has 6 nitrogen and oxygen atoms in total. The Labute approximate surface area is 97.3 Å². The average Bonchev–Trinajstić information content (AvgIpc) is 2.81. The van der Waals surface area contributed by atoms with Crippen molar-refractivity contribution < 1.29 is 10.0 Å². The average molecular weight is 233 g/mol. The van der Waals surface area contributed by atoms with E-state index in [4.69, 9.17) is 0 Å². The second-order valence-electron chi connectivity index (χ2n) is 3.65. The molecule has 1 atom stereocenters. The highest BCUT2D eigenvalue weighted by Gasteiger charge is 2.17. The van der Waals surface area contributed by atoms with Gasteiger partial charge in [0, 0.05) is 18.5 Å². The molecular formula is C11H11N3O3. The van der Waals surface area contributed by atoms with E-state index < -0.39 is 11.0 Å². The van der Waals surface area contributed by atoms with Crippen molar-refractivity contribution in [3.63, 3.8) is 0 Å². The Bertz CT molecular complexity index is 535. The van der Waals surface area contributed by atoms with Crippen molar-refractivity contribution in [2.75, 3.05) is 0 Å². The summed E-state index contributed by atoms with van der Waals surface area (Å²) in [5, 5.41) is 20.4. The molecule has 0 fully saturated rings. The van der Waals surface area contributed by atoms with Gasteiger partial charge >= 0.3 is 0 Å². The van der Waals surface area contributed by atoms with Crippen molar-refractivity contribution in [1.82, 2.24) is 9.55 Å². The quantitative estimate of drug-likeness (QED) is 0.647. The van der Waals surface area contributed by atoms with Crippen molar-refractivity contribution in [3.05, 3.63) is 52.6 Å². The van der Waals surface area contributed by atoms with Crippen LogP contribution in [0.1, 0.15) is 18.6 Å². The van der Waals surface area contributed by atoms with Gasteiger partial charge in [-0.1, -0.05) is 6.07 Å². The first-order valence-electron chi connectivity index (χ1n) is 5.04. The van der Waals surface area contributed by atoms with Crippen molar-refractivity contribution in [3.8, 4) is 5.69 Å². The zero-order valence-corrected chi connectivity index (χ0v) is 9.15. The maximum atomic E-state index is 11.0. The molecule has 0 spiro atoms. The summed E-state index contributed by atoms with van der Waals surface area (Å²) in [7, 11) is 0. The maximum Gasteiger partial charge on any atom is 0.293 e. The summed E-state index contributed by atoms with van der Waals surface area (Å²) in [6, 6.07) is 4.63. The second kappa shape index (κ2) is 4.34. The number of nitro groups is 1. The van der Waals surface area contributed by atoms with E-state index in [1.54, 1.807) is 36.0 Å². The molecule has 0 unspecified atom stereocenters. The number of benzene rings is 1. The normalized spacial score (nSPS) is 12.4. The van der Waals surface area contributed by atoms with E-state index in [0.29, 0.717) is 11.3 Å². The van der Waals surface area contributed by atoms with Crippen molar-refractivity contribution in [2.45, 2.75) is 13.0 Å². The van der Waals surface area contributed by atoms with Crippen molar-refractivity contribution in [1.29, 1.82) is 0 Å². The molecule has 0 aliphatic rings. The molecule has 0 radical (unpaired) electrons. The van der Waals surface area contributed by atoms with Crippen LogP contribution in [-0.4, -0.2) is 19.6 Å². The van der Waals surface area contributed by atoms with Gasteiger partial charge in [0.2, 0.25) is 0 Å². The summed E-state index contributed by atoms with van der Waals surface area (Å²) in [6.07, 6.45) is 3.94. The predicted molar refractivity (Wildman–Crippen MR) is 60.9 cm³/mol. The molecule has 6 heteroatoms. The van der Waals surface area contributed by atoms with Gasteiger partial charge in [0.15, 0.2) is 0 Å². The van der Waals surface area contributed by atoms with Crippen LogP contribution in [0.4, 0.5) is 5.69 Å². The summed E-state index contributed by atoms with van der Waals surface area (Å²) in [5.74, 6) is 0. The number of aromatic nitrogens is 2. The molecule has 2 rings (SSSR count). The Morgan fingerprint density at radius 3 is 2.82 bits per heavy atom. The van der Waals surface area contributed by atoms with Crippen LogP contribution in [0.25, 0.3) is 5.69 Å².